The number of piperidine rings is 1. The highest BCUT2D eigenvalue weighted by Gasteiger charge is 2.12. The minimum atomic E-state index is 0.0953. The summed E-state index contributed by atoms with van der Waals surface area (Å²) in [5.41, 5.74) is 0. The third-order valence-corrected chi connectivity index (χ3v) is 2.72. The number of hydrogen-bond donors (Lipinski definition) is 2. The molecule has 0 aromatic rings. The summed E-state index contributed by atoms with van der Waals surface area (Å²) in [6, 6.07) is 0. The van der Waals surface area contributed by atoms with E-state index in [2.05, 4.69) is 10.6 Å². The van der Waals surface area contributed by atoms with Crippen LogP contribution in [0.25, 0.3) is 0 Å². The van der Waals surface area contributed by atoms with E-state index in [0.717, 1.165) is 26.1 Å². The standard InChI is InChI=1S/C11H22N2O2/c1-12-11(14)5-3-7-15-9-10-4-2-6-13-8-10/h10,13H,2-9H2,1H3,(H,12,14). The molecule has 1 aliphatic rings. The van der Waals surface area contributed by atoms with Crippen LogP contribution >= 0.6 is 0 Å². The molecule has 1 rings (SSSR count). The number of carbonyl (C=O) groups is 1. The second kappa shape index (κ2) is 7.65. The zero-order chi connectivity index (χ0) is 10.9. The van der Waals surface area contributed by atoms with Gasteiger partial charge in [-0.05, 0) is 31.7 Å². The normalized spacial score (nSPS) is 21.3. The first-order valence-corrected chi connectivity index (χ1v) is 5.82. The van der Waals surface area contributed by atoms with Crippen molar-refractivity contribution in [3.8, 4) is 0 Å². The summed E-state index contributed by atoms with van der Waals surface area (Å²) >= 11 is 0. The molecule has 4 heteroatoms. The lowest BCUT2D eigenvalue weighted by Crippen LogP contribution is -2.32. The second-order valence-corrected chi connectivity index (χ2v) is 4.06. The van der Waals surface area contributed by atoms with Gasteiger partial charge in [0.2, 0.25) is 5.91 Å². The lowest BCUT2D eigenvalue weighted by atomic mass is 10.0. The van der Waals surface area contributed by atoms with Crippen LogP contribution < -0.4 is 10.6 Å². The number of rotatable bonds is 6. The fraction of sp³-hybridized carbons (Fsp3) is 0.909. The van der Waals surface area contributed by atoms with E-state index in [1.807, 2.05) is 0 Å². The number of hydrogen-bond acceptors (Lipinski definition) is 3. The Balaban J connectivity index is 1.89. The molecule has 0 saturated carbocycles. The Labute approximate surface area is 91.8 Å². The van der Waals surface area contributed by atoms with Gasteiger partial charge in [-0.25, -0.2) is 0 Å². The summed E-state index contributed by atoms with van der Waals surface area (Å²) in [7, 11) is 1.66. The van der Waals surface area contributed by atoms with Gasteiger partial charge >= 0.3 is 0 Å². The van der Waals surface area contributed by atoms with Crippen LogP contribution in [0.1, 0.15) is 25.7 Å². The summed E-state index contributed by atoms with van der Waals surface area (Å²) in [5.74, 6) is 0.761. The third-order valence-electron chi connectivity index (χ3n) is 2.72. The third kappa shape index (κ3) is 5.74. The molecular formula is C11H22N2O2. The molecule has 1 unspecified atom stereocenters. The Morgan fingerprint density at radius 3 is 3.13 bits per heavy atom. The molecule has 1 aliphatic heterocycles. The van der Waals surface area contributed by atoms with Crippen molar-refractivity contribution in [3.05, 3.63) is 0 Å². The highest BCUT2D eigenvalue weighted by Crippen LogP contribution is 2.10. The highest BCUT2D eigenvalue weighted by atomic mass is 16.5. The van der Waals surface area contributed by atoms with Crippen molar-refractivity contribution >= 4 is 5.91 Å². The van der Waals surface area contributed by atoms with Crippen molar-refractivity contribution in [2.45, 2.75) is 25.7 Å². The number of carbonyl (C=O) groups excluding carboxylic acids is 1. The van der Waals surface area contributed by atoms with E-state index < -0.39 is 0 Å². The van der Waals surface area contributed by atoms with Gasteiger partial charge < -0.3 is 15.4 Å². The first-order valence-electron chi connectivity index (χ1n) is 5.82. The second-order valence-electron chi connectivity index (χ2n) is 4.06. The zero-order valence-electron chi connectivity index (χ0n) is 9.55. The van der Waals surface area contributed by atoms with E-state index >= 15 is 0 Å². The molecule has 1 amide bonds. The van der Waals surface area contributed by atoms with Crippen molar-refractivity contribution in [1.82, 2.24) is 10.6 Å². The van der Waals surface area contributed by atoms with E-state index in [1.165, 1.54) is 12.8 Å². The van der Waals surface area contributed by atoms with Gasteiger partial charge in [-0.15, -0.1) is 0 Å². The Kier molecular flexibility index (Phi) is 6.36. The lowest BCUT2D eigenvalue weighted by Gasteiger charge is -2.22. The fourth-order valence-corrected chi connectivity index (χ4v) is 1.78. The Morgan fingerprint density at radius 2 is 2.47 bits per heavy atom. The van der Waals surface area contributed by atoms with Crippen LogP contribution in [0, 0.1) is 5.92 Å². The monoisotopic (exact) mass is 214 g/mol. The van der Waals surface area contributed by atoms with E-state index in [0.29, 0.717) is 18.9 Å². The van der Waals surface area contributed by atoms with Crippen LogP contribution in [0.4, 0.5) is 0 Å². The van der Waals surface area contributed by atoms with Crippen molar-refractivity contribution < 1.29 is 9.53 Å². The van der Waals surface area contributed by atoms with Gasteiger partial charge in [-0.1, -0.05) is 0 Å². The van der Waals surface area contributed by atoms with Crippen LogP contribution in [0.5, 0.6) is 0 Å². The molecule has 0 aromatic heterocycles. The van der Waals surface area contributed by atoms with Crippen LogP contribution in [-0.2, 0) is 9.53 Å². The van der Waals surface area contributed by atoms with Crippen LogP contribution in [0.3, 0.4) is 0 Å². The molecule has 1 atom stereocenters. The molecule has 0 aromatic carbocycles. The maximum absolute atomic E-state index is 10.9. The predicted molar refractivity (Wildman–Crippen MR) is 59.7 cm³/mol. The topological polar surface area (TPSA) is 50.4 Å². The Morgan fingerprint density at radius 1 is 1.60 bits per heavy atom. The fourth-order valence-electron chi connectivity index (χ4n) is 1.78. The molecule has 1 fully saturated rings. The minimum Gasteiger partial charge on any atom is -0.381 e. The van der Waals surface area contributed by atoms with Gasteiger partial charge in [0.1, 0.15) is 0 Å². The van der Waals surface area contributed by atoms with E-state index in [4.69, 9.17) is 4.74 Å². The molecule has 0 radical (unpaired) electrons. The molecule has 0 spiro atoms. The van der Waals surface area contributed by atoms with Crippen molar-refractivity contribution in [3.63, 3.8) is 0 Å². The van der Waals surface area contributed by atoms with Crippen LogP contribution in [0.15, 0.2) is 0 Å². The summed E-state index contributed by atoms with van der Waals surface area (Å²) in [6.45, 7) is 3.76. The first-order chi connectivity index (χ1) is 7.33. The van der Waals surface area contributed by atoms with Crippen LogP contribution in [0.2, 0.25) is 0 Å². The average molecular weight is 214 g/mol. The Bertz CT molecular complexity index is 179. The average Bonchev–Trinajstić information content (AvgIpc) is 2.29. The summed E-state index contributed by atoms with van der Waals surface area (Å²) in [5, 5.41) is 5.96. The molecular weight excluding hydrogens is 192 g/mol. The molecule has 0 aliphatic carbocycles. The number of ether oxygens (including phenoxy) is 1. The molecule has 1 saturated heterocycles. The molecule has 2 N–H and O–H groups in total. The molecule has 0 bridgehead atoms. The maximum atomic E-state index is 10.9. The van der Waals surface area contributed by atoms with Gasteiger partial charge in [0, 0.05) is 26.6 Å². The largest absolute Gasteiger partial charge is 0.381 e. The minimum absolute atomic E-state index is 0.0953. The van der Waals surface area contributed by atoms with Gasteiger partial charge in [-0.3, -0.25) is 4.79 Å². The van der Waals surface area contributed by atoms with Gasteiger partial charge in [0.25, 0.3) is 0 Å². The smallest absolute Gasteiger partial charge is 0.219 e. The quantitative estimate of drug-likeness (QED) is 0.634. The van der Waals surface area contributed by atoms with Crippen molar-refractivity contribution in [2.24, 2.45) is 5.92 Å². The number of nitrogens with one attached hydrogen (secondary N) is 2. The predicted octanol–water partition coefficient (Wildman–Crippen LogP) is 0.529. The maximum Gasteiger partial charge on any atom is 0.219 e. The summed E-state index contributed by atoms with van der Waals surface area (Å²) < 4.78 is 5.55. The molecule has 4 nitrogen and oxygen atoms in total. The van der Waals surface area contributed by atoms with E-state index in [1.54, 1.807) is 7.05 Å². The van der Waals surface area contributed by atoms with Gasteiger partial charge in [0.05, 0.1) is 6.61 Å². The zero-order valence-corrected chi connectivity index (χ0v) is 9.55. The summed E-state index contributed by atoms with van der Waals surface area (Å²) in [6.07, 6.45) is 3.91. The Hall–Kier alpha value is -0.610. The highest BCUT2D eigenvalue weighted by molar-refractivity contribution is 5.75. The van der Waals surface area contributed by atoms with Gasteiger partial charge in [-0.2, -0.15) is 0 Å². The van der Waals surface area contributed by atoms with E-state index in [9.17, 15) is 4.79 Å². The SMILES string of the molecule is CNC(=O)CCCOCC1CCCNC1. The first kappa shape index (κ1) is 12.5. The summed E-state index contributed by atoms with van der Waals surface area (Å²) in [4.78, 5) is 10.9. The van der Waals surface area contributed by atoms with Crippen LogP contribution in [-0.4, -0.2) is 39.3 Å². The van der Waals surface area contributed by atoms with Crippen molar-refractivity contribution in [1.29, 1.82) is 0 Å². The molecule has 1 heterocycles. The molecule has 15 heavy (non-hydrogen) atoms. The molecule has 88 valence electrons. The van der Waals surface area contributed by atoms with Gasteiger partial charge in [0.15, 0.2) is 0 Å². The van der Waals surface area contributed by atoms with E-state index in [-0.39, 0.29) is 5.91 Å². The number of amides is 1. The lowest BCUT2D eigenvalue weighted by molar-refractivity contribution is -0.120. The van der Waals surface area contributed by atoms with Crippen molar-refractivity contribution in [2.75, 3.05) is 33.4 Å².